The third-order valence-corrected chi connectivity index (χ3v) is 3.92. The molecule has 23 heavy (non-hydrogen) atoms. The molecule has 2 unspecified atom stereocenters. The van der Waals surface area contributed by atoms with Crippen molar-refractivity contribution in [2.45, 2.75) is 18.7 Å². The van der Waals surface area contributed by atoms with E-state index in [1.807, 2.05) is 24.3 Å². The van der Waals surface area contributed by atoms with Crippen LogP contribution in [0.2, 0.25) is 0 Å². The van der Waals surface area contributed by atoms with Crippen LogP contribution in [0.5, 0.6) is 5.75 Å². The summed E-state index contributed by atoms with van der Waals surface area (Å²) in [6, 6.07) is 13.3. The van der Waals surface area contributed by atoms with Gasteiger partial charge >= 0.3 is 6.36 Å². The Morgan fingerprint density at radius 1 is 1.00 bits per heavy atom. The highest BCUT2D eigenvalue weighted by molar-refractivity contribution is 5.81. The molecule has 0 aliphatic heterocycles. The Kier molecular flexibility index (Phi) is 3.75. The number of ether oxygens (including phenoxy) is 1. The molecule has 0 bridgehead atoms. The fraction of sp³-hybridized carbons (Fsp3) is 0.235. The number of amides is 1. The summed E-state index contributed by atoms with van der Waals surface area (Å²) in [6.07, 6.45) is -3.91. The van der Waals surface area contributed by atoms with Crippen molar-refractivity contribution < 1.29 is 22.7 Å². The zero-order valence-corrected chi connectivity index (χ0v) is 12.0. The zero-order chi connectivity index (χ0) is 16.6. The third kappa shape index (κ3) is 3.64. The molecule has 0 heterocycles. The monoisotopic (exact) mass is 321 g/mol. The number of hydrogen-bond acceptors (Lipinski definition) is 2. The van der Waals surface area contributed by atoms with Crippen LogP contribution >= 0.6 is 0 Å². The van der Waals surface area contributed by atoms with Gasteiger partial charge in [-0.2, -0.15) is 0 Å². The number of carbonyl (C=O) groups is 1. The molecule has 3 rings (SSSR count). The van der Waals surface area contributed by atoms with E-state index < -0.39 is 6.36 Å². The van der Waals surface area contributed by atoms with Gasteiger partial charge in [0.15, 0.2) is 0 Å². The first-order valence-corrected chi connectivity index (χ1v) is 7.09. The second kappa shape index (κ2) is 5.61. The van der Waals surface area contributed by atoms with Crippen molar-refractivity contribution in [3.8, 4) is 16.9 Å². The fourth-order valence-electron chi connectivity index (χ4n) is 2.65. The lowest BCUT2D eigenvalue weighted by molar-refractivity contribution is -0.274. The van der Waals surface area contributed by atoms with Crippen LogP contribution in [0, 0.1) is 5.92 Å². The Hall–Kier alpha value is -2.50. The van der Waals surface area contributed by atoms with Gasteiger partial charge in [0.2, 0.25) is 5.91 Å². The molecule has 2 atom stereocenters. The number of halogens is 3. The molecule has 3 nitrogen and oxygen atoms in total. The second-order valence-corrected chi connectivity index (χ2v) is 5.55. The predicted octanol–water partition coefficient (Wildman–Crippen LogP) is 3.84. The van der Waals surface area contributed by atoms with Gasteiger partial charge in [0.05, 0.1) is 0 Å². The SMILES string of the molecule is NC(=O)C1CC1c1ccc(-c2ccc(OC(F)(F)F)cc2)cc1. The maximum atomic E-state index is 12.1. The molecule has 1 amide bonds. The first kappa shape index (κ1) is 15.4. The third-order valence-electron chi connectivity index (χ3n) is 3.92. The average molecular weight is 321 g/mol. The number of nitrogens with two attached hydrogens (primary N) is 1. The molecular weight excluding hydrogens is 307 g/mol. The Labute approximate surface area is 130 Å². The van der Waals surface area contributed by atoms with E-state index in [-0.39, 0.29) is 23.5 Å². The molecule has 0 saturated heterocycles. The number of carbonyl (C=O) groups excluding carboxylic acids is 1. The van der Waals surface area contributed by atoms with Crippen LogP contribution in [0.15, 0.2) is 48.5 Å². The van der Waals surface area contributed by atoms with Crippen molar-refractivity contribution >= 4 is 5.91 Å². The van der Waals surface area contributed by atoms with Gasteiger partial charge in [0, 0.05) is 5.92 Å². The predicted molar refractivity (Wildman–Crippen MR) is 78.6 cm³/mol. The van der Waals surface area contributed by atoms with Crippen LogP contribution in [0.4, 0.5) is 13.2 Å². The Morgan fingerprint density at radius 3 is 1.96 bits per heavy atom. The summed E-state index contributed by atoms with van der Waals surface area (Å²) in [4.78, 5) is 11.1. The number of rotatable bonds is 4. The van der Waals surface area contributed by atoms with Gasteiger partial charge in [-0.15, -0.1) is 13.2 Å². The maximum absolute atomic E-state index is 12.1. The van der Waals surface area contributed by atoms with Crippen LogP contribution in [-0.4, -0.2) is 12.3 Å². The van der Waals surface area contributed by atoms with E-state index in [0.717, 1.165) is 23.1 Å². The Balaban J connectivity index is 1.71. The molecule has 1 aliphatic carbocycles. The van der Waals surface area contributed by atoms with Crippen molar-refractivity contribution in [2.75, 3.05) is 0 Å². The molecular formula is C17H14F3NO2. The normalized spacial score (nSPS) is 20.1. The topological polar surface area (TPSA) is 52.3 Å². The van der Waals surface area contributed by atoms with E-state index in [4.69, 9.17) is 5.73 Å². The van der Waals surface area contributed by atoms with Crippen molar-refractivity contribution in [2.24, 2.45) is 11.7 Å². The van der Waals surface area contributed by atoms with Gasteiger partial charge < -0.3 is 10.5 Å². The van der Waals surface area contributed by atoms with Crippen molar-refractivity contribution in [3.63, 3.8) is 0 Å². The van der Waals surface area contributed by atoms with E-state index in [2.05, 4.69) is 4.74 Å². The number of alkyl halides is 3. The highest BCUT2D eigenvalue weighted by Crippen LogP contribution is 2.47. The quantitative estimate of drug-likeness (QED) is 0.930. The van der Waals surface area contributed by atoms with Crippen LogP contribution < -0.4 is 10.5 Å². The van der Waals surface area contributed by atoms with Crippen LogP contribution in [0.3, 0.4) is 0 Å². The minimum atomic E-state index is -4.69. The molecule has 1 fully saturated rings. The van der Waals surface area contributed by atoms with E-state index in [1.165, 1.54) is 12.1 Å². The van der Waals surface area contributed by atoms with Gasteiger partial charge in [-0.25, -0.2) is 0 Å². The van der Waals surface area contributed by atoms with Crippen molar-refractivity contribution in [1.29, 1.82) is 0 Å². The summed E-state index contributed by atoms with van der Waals surface area (Å²) in [5.74, 6) is -0.428. The van der Waals surface area contributed by atoms with Crippen molar-refractivity contribution in [1.82, 2.24) is 0 Å². The van der Waals surface area contributed by atoms with Crippen LogP contribution in [0.25, 0.3) is 11.1 Å². The largest absolute Gasteiger partial charge is 0.573 e. The molecule has 6 heteroatoms. The lowest BCUT2D eigenvalue weighted by atomic mass is 10.0. The summed E-state index contributed by atoms with van der Waals surface area (Å²) in [5.41, 5.74) is 7.99. The summed E-state index contributed by atoms with van der Waals surface area (Å²) >= 11 is 0. The number of hydrogen-bond donors (Lipinski definition) is 1. The summed E-state index contributed by atoms with van der Waals surface area (Å²) in [5, 5.41) is 0. The molecule has 1 aliphatic rings. The maximum Gasteiger partial charge on any atom is 0.573 e. The van der Waals surface area contributed by atoms with Gasteiger partial charge in [0.1, 0.15) is 5.75 Å². The minimum Gasteiger partial charge on any atom is -0.406 e. The Morgan fingerprint density at radius 2 is 1.52 bits per heavy atom. The van der Waals surface area contributed by atoms with E-state index in [1.54, 1.807) is 12.1 Å². The van der Waals surface area contributed by atoms with Gasteiger partial charge in [-0.05, 0) is 41.2 Å². The fourth-order valence-corrected chi connectivity index (χ4v) is 2.65. The number of primary amides is 1. The zero-order valence-electron chi connectivity index (χ0n) is 12.0. The highest BCUT2D eigenvalue weighted by Gasteiger charge is 2.42. The Bertz CT molecular complexity index is 708. The molecule has 0 aromatic heterocycles. The molecule has 0 radical (unpaired) electrons. The molecule has 0 spiro atoms. The van der Waals surface area contributed by atoms with E-state index in [0.29, 0.717) is 0 Å². The molecule has 1 saturated carbocycles. The molecule has 120 valence electrons. The van der Waals surface area contributed by atoms with Crippen molar-refractivity contribution in [3.05, 3.63) is 54.1 Å². The number of benzene rings is 2. The standard InChI is InChI=1S/C17H14F3NO2/c18-17(19,20)23-13-7-5-11(6-8-13)10-1-3-12(4-2-10)14-9-15(14)16(21)22/h1-8,14-15H,9H2,(H2,21,22). The highest BCUT2D eigenvalue weighted by atomic mass is 19.4. The summed E-state index contributed by atoms with van der Waals surface area (Å²) in [7, 11) is 0. The van der Waals surface area contributed by atoms with E-state index in [9.17, 15) is 18.0 Å². The van der Waals surface area contributed by atoms with Gasteiger partial charge in [0.25, 0.3) is 0 Å². The average Bonchev–Trinajstić information content (AvgIpc) is 3.27. The van der Waals surface area contributed by atoms with Gasteiger partial charge in [-0.1, -0.05) is 36.4 Å². The van der Waals surface area contributed by atoms with Crippen LogP contribution in [-0.2, 0) is 4.79 Å². The summed E-state index contributed by atoms with van der Waals surface area (Å²) in [6.45, 7) is 0. The molecule has 2 aromatic rings. The van der Waals surface area contributed by atoms with Gasteiger partial charge in [-0.3, -0.25) is 4.79 Å². The van der Waals surface area contributed by atoms with E-state index >= 15 is 0 Å². The molecule has 2 aromatic carbocycles. The first-order chi connectivity index (χ1) is 10.8. The van der Waals surface area contributed by atoms with Crippen LogP contribution in [0.1, 0.15) is 17.9 Å². The minimum absolute atomic E-state index is 0.0837. The lowest BCUT2D eigenvalue weighted by Gasteiger charge is -2.09. The molecule has 2 N–H and O–H groups in total. The summed E-state index contributed by atoms with van der Waals surface area (Å²) < 4.78 is 40.2. The smallest absolute Gasteiger partial charge is 0.406 e. The second-order valence-electron chi connectivity index (χ2n) is 5.55. The lowest BCUT2D eigenvalue weighted by Crippen LogP contribution is -2.16. The first-order valence-electron chi connectivity index (χ1n) is 7.09.